The largest absolute Gasteiger partial charge is 0.494 e. The maximum Gasteiger partial charge on any atom is 0.211 e. The second-order valence-corrected chi connectivity index (χ2v) is 8.92. The van der Waals surface area contributed by atoms with E-state index in [0.29, 0.717) is 24.4 Å². The first-order valence-electron chi connectivity index (χ1n) is 9.74. The number of pyridine rings is 1. The molecule has 0 amide bonds. The lowest BCUT2D eigenvalue weighted by Crippen LogP contribution is -2.19. The van der Waals surface area contributed by atoms with Crippen LogP contribution in [-0.2, 0) is 16.4 Å². The summed E-state index contributed by atoms with van der Waals surface area (Å²) >= 11 is 0. The molecule has 31 heavy (non-hydrogen) atoms. The molecule has 0 bridgehead atoms. The van der Waals surface area contributed by atoms with Crippen LogP contribution in [0.4, 0.5) is 4.39 Å². The molecule has 0 saturated heterocycles. The second-order valence-electron chi connectivity index (χ2n) is 7.01. The first-order chi connectivity index (χ1) is 14.9. The van der Waals surface area contributed by atoms with Gasteiger partial charge in [-0.1, -0.05) is 30.3 Å². The molecule has 4 rings (SSSR count). The van der Waals surface area contributed by atoms with Crippen LogP contribution >= 0.6 is 0 Å². The van der Waals surface area contributed by atoms with Crippen LogP contribution in [0.3, 0.4) is 0 Å². The average molecular weight is 437 g/mol. The third-order valence-electron chi connectivity index (χ3n) is 4.94. The second kappa shape index (κ2) is 8.35. The Kier molecular flexibility index (Phi) is 5.61. The minimum Gasteiger partial charge on any atom is -0.494 e. The maximum atomic E-state index is 13.3. The van der Waals surface area contributed by atoms with Gasteiger partial charge in [0.15, 0.2) is 0 Å². The molecule has 1 heterocycles. The predicted molar refractivity (Wildman–Crippen MR) is 117 cm³/mol. The van der Waals surface area contributed by atoms with Gasteiger partial charge in [0.05, 0.1) is 22.4 Å². The molecular weight excluding hydrogens is 417 g/mol. The highest BCUT2D eigenvalue weighted by atomic mass is 32.2. The fraction of sp³-hybridized carbons (Fsp3) is 0.125. The summed E-state index contributed by atoms with van der Waals surface area (Å²) in [5.41, 5.74) is 0.923. The van der Waals surface area contributed by atoms with Crippen molar-refractivity contribution in [1.29, 1.82) is 0 Å². The number of hydrogen-bond acceptors (Lipinski definition) is 4. The van der Waals surface area contributed by atoms with Crippen molar-refractivity contribution >= 4 is 20.7 Å². The summed E-state index contributed by atoms with van der Waals surface area (Å²) in [6.07, 6.45) is 1.36. The van der Waals surface area contributed by atoms with E-state index in [1.807, 2.05) is 37.3 Å². The first-order valence-corrected chi connectivity index (χ1v) is 11.2. The lowest BCUT2D eigenvalue weighted by Gasteiger charge is -2.15. The fourth-order valence-electron chi connectivity index (χ4n) is 3.45. The van der Waals surface area contributed by atoms with Crippen molar-refractivity contribution in [2.75, 3.05) is 6.61 Å². The normalized spacial score (nSPS) is 11.5. The Bertz CT molecular complexity index is 1400. The number of sulfone groups is 1. The number of hydrogen-bond donors (Lipinski definition) is 0. The van der Waals surface area contributed by atoms with Crippen LogP contribution < -0.4 is 10.2 Å². The van der Waals surface area contributed by atoms with Crippen LogP contribution in [0.15, 0.2) is 93.6 Å². The number of ether oxygens (including phenoxy) is 1. The van der Waals surface area contributed by atoms with Gasteiger partial charge in [0.1, 0.15) is 16.5 Å². The minimum absolute atomic E-state index is 0.141. The first kappa shape index (κ1) is 20.8. The number of rotatable bonds is 6. The van der Waals surface area contributed by atoms with Gasteiger partial charge in [0, 0.05) is 12.7 Å². The molecule has 4 aromatic rings. The number of fused-ring (bicyclic) bond motifs is 1. The van der Waals surface area contributed by atoms with E-state index in [9.17, 15) is 17.6 Å². The monoisotopic (exact) mass is 437 g/mol. The predicted octanol–water partition coefficient (Wildman–Crippen LogP) is 4.42. The van der Waals surface area contributed by atoms with Gasteiger partial charge in [-0.15, -0.1) is 0 Å². The Hall–Kier alpha value is -3.45. The van der Waals surface area contributed by atoms with Gasteiger partial charge in [-0.05, 0) is 55.0 Å². The Morgan fingerprint density at radius 3 is 2.35 bits per heavy atom. The molecule has 0 fully saturated rings. The van der Waals surface area contributed by atoms with Crippen molar-refractivity contribution < 1.29 is 17.5 Å². The molecule has 0 aliphatic carbocycles. The van der Waals surface area contributed by atoms with Gasteiger partial charge >= 0.3 is 0 Å². The Morgan fingerprint density at radius 2 is 1.68 bits per heavy atom. The lowest BCUT2D eigenvalue weighted by molar-refractivity contribution is 0.340. The zero-order valence-electron chi connectivity index (χ0n) is 16.8. The highest BCUT2D eigenvalue weighted by Gasteiger charge is 2.24. The number of benzene rings is 3. The highest BCUT2D eigenvalue weighted by Crippen LogP contribution is 2.25. The van der Waals surface area contributed by atoms with E-state index >= 15 is 0 Å². The summed E-state index contributed by atoms with van der Waals surface area (Å²) in [5, 5.41) is 0.241. The quantitative estimate of drug-likeness (QED) is 0.419. The van der Waals surface area contributed by atoms with Crippen molar-refractivity contribution in [1.82, 2.24) is 4.57 Å². The van der Waals surface area contributed by atoms with Crippen LogP contribution in [0.1, 0.15) is 12.5 Å². The molecule has 0 aliphatic rings. The molecule has 158 valence electrons. The zero-order valence-corrected chi connectivity index (χ0v) is 17.6. The van der Waals surface area contributed by atoms with Crippen molar-refractivity contribution in [3.63, 3.8) is 0 Å². The van der Waals surface area contributed by atoms with E-state index in [1.165, 1.54) is 6.20 Å². The fourth-order valence-corrected chi connectivity index (χ4v) is 4.82. The molecule has 7 heteroatoms. The number of halogens is 1. The van der Waals surface area contributed by atoms with E-state index in [4.69, 9.17) is 4.74 Å². The van der Waals surface area contributed by atoms with E-state index in [2.05, 4.69) is 0 Å². The molecule has 5 nitrogen and oxygen atoms in total. The SMILES string of the molecule is CCOc1ccc2c(c1)c(=O)c(S(=O)(=O)c1ccc(F)cc1)cn2Cc1ccccc1. The van der Waals surface area contributed by atoms with E-state index in [1.54, 1.807) is 22.8 Å². The van der Waals surface area contributed by atoms with Gasteiger partial charge in [0.2, 0.25) is 15.3 Å². The summed E-state index contributed by atoms with van der Waals surface area (Å²) in [4.78, 5) is 12.7. The maximum absolute atomic E-state index is 13.3. The van der Waals surface area contributed by atoms with Crippen LogP contribution in [0.25, 0.3) is 10.9 Å². The molecule has 0 N–H and O–H groups in total. The van der Waals surface area contributed by atoms with E-state index in [0.717, 1.165) is 29.8 Å². The van der Waals surface area contributed by atoms with Crippen LogP contribution in [-0.4, -0.2) is 19.6 Å². The van der Waals surface area contributed by atoms with E-state index < -0.39 is 21.1 Å². The van der Waals surface area contributed by atoms with Gasteiger partial charge in [0.25, 0.3) is 0 Å². The molecule has 3 aromatic carbocycles. The standard InChI is InChI=1S/C24H20FNO4S/c1-2-30-19-10-13-22-21(14-19)24(27)23(16-26(22)15-17-6-4-3-5-7-17)31(28,29)20-11-8-18(25)9-12-20/h3-14,16H,2,15H2,1H3. The smallest absolute Gasteiger partial charge is 0.211 e. The summed E-state index contributed by atoms with van der Waals surface area (Å²) < 4.78 is 47.1. The molecule has 0 radical (unpaired) electrons. The van der Waals surface area contributed by atoms with Gasteiger partial charge in [-0.2, -0.15) is 0 Å². The Morgan fingerprint density at radius 1 is 0.968 bits per heavy atom. The molecule has 1 aromatic heterocycles. The Balaban J connectivity index is 1.97. The van der Waals surface area contributed by atoms with Crippen molar-refractivity contribution in [2.24, 2.45) is 0 Å². The zero-order chi connectivity index (χ0) is 22.0. The molecule has 0 unspecified atom stereocenters. The molecule has 0 spiro atoms. The summed E-state index contributed by atoms with van der Waals surface area (Å²) in [6.45, 7) is 2.61. The van der Waals surface area contributed by atoms with Crippen LogP contribution in [0, 0.1) is 5.82 Å². The highest BCUT2D eigenvalue weighted by molar-refractivity contribution is 7.91. The molecular formula is C24H20FNO4S. The Labute approximate surface area is 179 Å². The molecule has 0 saturated carbocycles. The number of nitrogens with zero attached hydrogens (tertiary/aromatic N) is 1. The number of aromatic nitrogens is 1. The van der Waals surface area contributed by atoms with Gasteiger partial charge in [-0.25, -0.2) is 12.8 Å². The van der Waals surface area contributed by atoms with Crippen molar-refractivity contribution in [3.8, 4) is 5.75 Å². The van der Waals surface area contributed by atoms with Gasteiger partial charge in [-0.3, -0.25) is 4.79 Å². The summed E-state index contributed by atoms with van der Waals surface area (Å²) in [5.74, 6) is -0.0741. The van der Waals surface area contributed by atoms with Crippen LogP contribution in [0.2, 0.25) is 0 Å². The third kappa shape index (κ3) is 4.09. The van der Waals surface area contributed by atoms with E-state index in [-0.39, 0.29) is 15.2 Å². The van der Waals surface area contributed by atoms with Gasteiger partial charge < -0.3 is 9.30 Å². The lowest BCUT2D eigenvalue weighted by atomic mass is 10.1. The topological polar surface area (TPSA) is 65.4 Å². The molecule has 0 atom stereocenters. The average Bonchev–Trinajstić information content (AvgIpc) is 2.77. The molecule has 0 aliphatic heterocycles. The summed E-state index contributed by atoms with van der Waals surface area (Å²) in [7, 11) is -4.16. The summed E-state index contributed by atoms with van der Waals surface area (Å²) in [6, 6.07) is 19.0. The van der Waals surface area contributed by atoms with Crippen molar-refractivity contribution in [2.45, 2.75) is 23.3 Å². The minimum atomic E-state index is -4.16. The third-order valence-corrected chi connectivity index (χ3v) is 6.70. The van der Waals surface area contributed by atoms with Crippen molar-refractivity contribution in [3.05, 3.63) is 101 Å². The van der Waals surface area contributed by atoms with Crippen LogP contribution in [0.5, 0.6) is 5.75 Å².